The van der Waals surface area contributed by atoms with Gasteiger partial charge in [0.2, 0.25) is 67.3 Å². The van der Waals surface area contributed by atoms with Crippen LogP contribution in [-0.4, -0.2) is 188 Å². The number of benzene rings is 4. The molecule has 2 fully saturated rings. The fraction of sp³-hybridized carbons (Fsp3) is 0.521. The third-order valence-electron chi connectivity index (χ3n) is 18.1. The zero-order valence-corrected chi connectivity index (χ0v) is 61.5. The average molecular weight is 1480 g/mol. The number of aryl methyl sites for hydroxylation is 1. The van der Waals surface area contributed by atoms with Crippen molar-refractivity contribution < 1.29 is 79.8 Å². The van der Waals surface area contributed by atoms with E-state index in [1.165, 1.54) is 48.3 Å². The maximum absolute atomic E-state index is 14.1. The minimum atomic E-state index is -4.34. The molecule has 0 radical (unpaired) electrons. The van der Waals surface area contributed by atoms with Crippen molar-refractivity contribution in [3.05, 3.63) is 120 Å². The highest BCUT2D eigenvalue weighted by Crippen LogP contribution is 2.30. The molecule has 2 heterocycles. The van der Waals surface area contributed by atoms with E-state index >= 15 is 0 Å². The van der Waals surface area contributed by atoms with Crippen molar-refractivity contribution >= 4 is 96.6 Å². The fourth-order valence-electron chi connectivity index (χ4n) is 12.3. The zero-order valence-electron chi connectivity index (χ0n) is 59.9. The Hall–Kier alpha value is -9.33. The first-order valence-corrected chi connectivity index (χ1v) is 38.5. The molecule has 0 aromatic heterocycles. The molecule has 2 saturated heterocycles. The lowest BCUT2D eigenvalue weighted by Crippen LogP contribution is -2.52. The predicted octanol–water partition coefficient (Wildman–Crippen LogP) is 5.70. The number of sulfonamides is 2. The van der Waals surface area contributed by atoms with Crippen molar-refractivity contribution in [2.75, 3.05) is 50.4 Å². The van der Waals surface area contributed by atoms with E-state index in [2.05, 4.69) is 47.9 Å². The summed E-state index contributed by atoms with van der Waals surface area (Å²) in [5, 5.41) is 44.4. The third-order valence-corrected chi connectivity index (χ3v) is 21.9. The van der Waals surface area contributed by atoms with Crippen LogP contribution in [0.5, 0.6) is 0 Å². The first-order chi connectivity index (χ1) is 49.6. The molecule has 7 atom stereocenters. The summed E-state index contributed by atoms with van der Waals surface area (Å²) in [7, 11) is -7.00. The highest BCUT2D eigenvalue weighted by Gasteiger charge is 2.47. The number of hydrogen-bond acceptors (Lipinski definition) is 15. The number of nitrogens with one attached hydrogen (secondary N) is 9. The van der Waals surface area contributed by atoms with Crippen molar-refractivity contribution in [3.63, 3.8) is 0 Å². The van der Waals surface area contributed by atoms with E-state index in [0.717, 1.165) is 27.0 Å². The Labute approximate surface area is 609 Å². The number of hydrogen-bond donors (Lipinski definition) is 11. The Kier molecular flexibility index (Phi) is 33.6. The summed E-state index contributed by atoms with van der Waals surface area (Å²) < 4.78 is 57.3. The molecule has 10 amide bonds. The molecule has 31 heteroatoms. The largest absolute Gasteiger partial charge is 0.480 e. The number of unbranched alkanes of at least 4 members (excludes halogenated alkanes) is 7. The number of carbonyl (C=O) groups excluding carboxylic acids is 9. The number of nitrogens with zero attached hydrogens (tertiary/aromatic N) is 3. The Morgan fingerprint density at radius 2 is 0.971 bits per heavy atom. The summed E-state index contributed by atoms with van der Waals surface area (Å²) >= 11 is 0. The fourth-order valence-corrected chi connectivity index (χ4v) is 15.6. The van der Waals surface area contributed by atoms with Crippen LogP contribution in [0.15, 0.2) is 119 Å². The smallest absolute Gasteiger partial charge is 0.326 e. The van der Waals surface area contributed by atoms with Gasteiger partial charge in [-0.3, -0.25) is 38.4 Å². The summed E-state index contributed by atoms with van der Waals surface area (Å²) in [6, 6.07) is 20.6. The van der Waals surface area contributed by atoms with Crippen molar-refractivity contribution in [2.24, 2.45) is 5.92 Å². The molecule has 104 heavy (non-hydrogen) atoms. The topological polar surface area (TPSA) is 414 Å². The molecule has 11 N–H and O–H groups in total. The van der Waals surface area contributed by atoms with Gasteiger partial charge in [0.25, 0.3) is 0 Å². The molecule has 29 nitrogen and oxygen atoms in total. The zero-order chi connectivity index (χ0) is 75.9. The minimum Gasteiger partial charge on any atom is -0.480 e. The Morgan fingerprint density at radius 1 is 0.529 bits per heavy atom. The van der Waals surface area contributed by atoms with Gasteiger partial charge in [0.1, 0.15) is 30.2 Å². The van der Waals surface area contributed by atoms with Crippen molar-refractivity contribution in [2.45, 2.75) is 208 Å². The van der Waals surface area contributed by atoms with Crippen LogP contribution in [0.2, 0.25) is 0 Å². The van der Waals surface area contributed by atoms with Crippen LogP contribution in [0, 0.1) is 12.8 Å². The summed E-state index contributed by atoms with van der Waals surface area (Å²) in [5.41, 5.74) is 2.67. The van der Waals surface area contributed by atoms with Crippen LogP contribution in [0.1, 0.15) is 154 Å². The number of carboxylic acids is 2. The predicted molar refractivity (Wildman–Crippen MR) is 389 cm³/mol. The molecule has 0 unspecified atom stereocenters. The lowest BCUT2D eigenvalue weighted by molar-refractivity contribution is -0.142. The number of anilines is 2. The first-order valence-electron chi connectivity index (χ1n) is 35.7. The van der Waals surface area contributed by atoms with Gasteiger partial charge in [-0.05, 0) is 137 Å². The van der Waals surface area contributed by atoms with E-state index in [4.69, 9.17) is 0 Å². The molecule has 0 spiro atoms. The molecule has 2 aliphatic heterocycles. The number of carbonyl (C=O) groups is 11. The summed E-state index contributed by atoms with van der Waals surface area (Å²) in [6.45, 7) is 7.35. The van der Waals surface area contributed by atoms with Crippen molar-refractivity contribution in [3.8, 4) is 0 Å². The number of para-hydroxylation sites is 1. The van der Waals surface area contributed by atoms with E-state index < -0.39 is 98.0 Å². The molecule has 4 aromatic carbocycles. The van der Waals surface area contributed by atoms with Gasteiger partial charge < -0.3 is 63.0 Å². The average Bonchev–Trinajstić information content (AvgIpc) is 1.61. The second-order valence-corrected chi connectivity index (χ2v) is 30.5. The second-order valence-electron chi connectivity index (χ2n) is 26.7. The normalized spacial score (nSPS) is 16.9. The van der Waals surface area contributed by atoms with E-state index in [1.807, 2.05) is 39.0 Å². The van der Waals surface area contributed by atoms with Gasteiger partial charge in [-0.15, -0.1) is 0 Å². The number of carboxylic acid groups (broad SMARTS) is 2. The first kappa shape index (κ1) is 83.6. The van der Waals surface area contributed by atoms with Crippen molar-refractivity contribution in [1.29, 1.82) is 0 Å². The molecule has 6 rings (SSSR count). The van der Waals surface area contributed by atoms with E-state index in [0.29, 0.717) is 94.2 Å². The monoisotopic (exact) mass is 1480 g/mol. The summed E-state index contributed by atoms with van der Waals surface area (Å²) in [4.78, 5) is 144. The highest BCUT2D eigenvalue weighted by atomic mass is 32.2. The summed E-state index contributed by atoms with van der Waals surface area (Å²) in [5.74, 6) is -6.26. The van der Waals surface area contributed by atoms with Gasteiger partial charge >= 0.3 is 18.0 Å². The van der Waals surface area contributed by atoms with Crippen LogP contribution in [0.3, 0.4) is 0 Å². The quantitative estimate of drug-likeness (QED) is 0.0237. The Balaban J connectivity index is 0.833. The minimum absolute atomic E-state index is 0.0332. The van der Waals surface area contributed by atoms with Crippen LogP contribution in [0.4, 0.5) is 16.2 Å². The number of aliphatic carboxylic acids is 2. The molecular weight excluding hydrogens is 1380 g/mol. The SMILES string of the molecule is CC[C@H](NC(=O)[C@@H]1C[C@@H](NC(=O)CCCCCNC(=O)CCCCCCC(=O)NCCCCCC(=O)N[C@@H]2C[C@@H](C(=O)N[C@@H](CCNC(=O)[C@H](CC(C)C)N(C)C(=O)Cc3ccc(NC(=O)Nc4ccccc4C)cc3)C(=O)O)N(S(=O)(=O)c3ccccc3)C2)CN1S(=O)(=O)c1ccccc1)C(=O)O. The molecule has 0 saturated carbocycles. The van der Waals surface area contributed by atoms with E-state index in [1.54, 1.807) is 61.5 Å². The molecule has 4 aromatic rings. The number of rotatable bonds is 43. The highest BCUT2D eigenvalue weighted by molar-refractivity contribution is 7.89. The summed E-state index contributed by atoms with van der Waals surface area (Å²) in [6.07, 6.45) is 6.78. The van der Waals surface area contributed by atoms with Gasteiger partial charge in [0, 0.05) is 88.9 Å². The van der Waals surface area contributed by atoms with Crippen LogP contribution >= 0.6 is 0 Å². The Morgan fingerprint density at radius 3 is 1.42 bits per heavy atom. The van der Waals surface area contributed by atoms with E-state index in [-0.39, 0.29) is 116 Å². The molecule has 568 valence electrons. The maximum atomic E-state index is 14.1. The van der Waals surface area contributed by atoms with E-state index in [9.17, 15) is 79.8 Å². The van der Waals surface area contributed by atoms with Crippen LogP contribution in [-0.2, 0) is 74.4 Å². The van der Waals surface area contributed by atoms with Crippen LogP contribution in [0.25, 0.3) is 0 Å². The second kappa shape index (κ2) is 41.8. The lowest BCUT2D eigenvalue weighted by atomic mass is 10.0. The standard InChI is InChI=1S/C73H102N12O17S2/c1-6-57(71(94)95)80-69(92)61-45-53(47-84(61)103(99,100)55-26-13-9-14-27-55)77-65(88)33-19-11-23-40-74-63(86)31-17-7-8-18-32-64(87)75-41-24-12-20-34-66(89)78-54-46-62(85(48-54)104(101,102)56-28-15-10-16-29-56)70(93)81-59(72(96)97)39-42-76-68(91)60(43-49(2)3)83(5)67(90)44-51-35-37-52(38-36-51)79-73(98)82-58-30-22-21-25-50(58)4/h9-10,13-16,21-22,25-30,35-38,49,53-54,57,59-62H,6-8,11-12,17-20,23-24,31-34,39-48H2,1-5H3,(H,74,86)(H,75,87)(H,76,91)(H,77,88)(H,78,89)(H,80,92)(H,81,93)(H,94,95)(H,96,97)(H2,79,82,98)/t53-,54-,57+,59+,60+,61+,62+/m1/s1. The van der Waals surface area contributed by atoms with Gasteiger partial charge in [-0.25, -0.2) is 31.2 Å². The molecule has 2 aliphatic rings. The lowest BCUT2D eigenvalue weighted by Gasteiger charge is -2.29. The maximum Gasteiger partial charge on any atom is 0.326 e. The Bertz CT molecular complexity index is 3800. The number of amides is 10. The van der Waals surface area contributed by atoms with Crippen molar-refractivity contribution in [1.82, 2.24) is 50.7 Å². The van der Waals surface area contributed by atoms with Gasteiger partial charge in [0.05, 0.1) is 16.2 Å². The van der Waals surface area contributed by atoms with Crippen LogP contribution < -0.4 is 47.9 Å². The van der Waals surface area contributed by atoms with Gasteiger partial charge in [0.15, 0.2) is 0 Å². The molecule has 0 bridgehead atoms. The van der Waals surface area contributed by atoms with Gasteiger partial charge in [-0.2, -0.15) is 8.61 Å². The number of urea groups is 1. The molecule has 0 aliphatic carbocycles. The third kappa shape index (κ3) is 26.7. The van der Waals surface area contributed by atoms with Gasteiger partial charge in [-0.1, -0.05) is 113 Å². The molecular formula is C73H102N12O17S2. The number of likely N-dealkylation sites (N-methyl/N-ethyl adjacent to an activating group) is 1.